The first-order chi connectivity index (χ1) is 13.2. The first-order valence-electron chi connectivity index (χ1n) is 9.45. The Morgan fingerprint density at radius 2 is 2.04 bits per heavy atom. The predicted octanol–water partition coefficient (Wildman–Crippen LogP) is 4.25. The Hall–Kier alpha value is -2.82. The number of nitrogens with zero attached hydrogens (tertiary/aromatic N) is 3. The first kappa shape index (κ1) is 17.6. The van der Waals surface area contributed by atoms with E-state index in [4.69, 9.17) is 0 Å². The maximum absolute atomic E-state index is 13.8. The van der Waals surface area contributed by atoms with Crippen molar-refractivity contribution in [1.29, 1.82) is 0 Å². The second-order valence-corrected chi connectivity index (χ2v) is 7.14. The topological polar surface area (TPSA) is 46.1 Å². The summed E-state index contributed by atoms with van der Waals surface area (Å²) >= 11 is 0. The number of halogens is 1. The molecule has 0 bridgehead atoms. The van der Waals surface area contributed by atoms with E-state index in [1.165, 1.54) is 6.07 Å². The molecule has 1 aliphatic rings. The summed E-state index contributed by atoms with van der Waals surface area (Å²) in [4.78, 5) is 23.4. The summed E-state index contributed by atoms with van der Waals surface area (Å²) in [5.41, 5.74) is 1.79. The van der Waals surface area contributed by atoms with E-state index in [9.17, 15) is 9.18 Å². The van der Waals surface area contributed by atoms with Crippen LogP contribution in [0.4, 0.5) is 4.39 Å². The van der Waals surface area contributed by atoms with E-state index < -0.39 is 0 Å². The molecule has 0 saturated carbocycles. The Kier molecular flexibility index (Phi) is 5.10. The van der Waals surface area contributed by atoms with E-state index in [-0.39, 0.29) is 11.7 Å². The Bertz CT molecular complexity index is 959. The number of carbonyl (C=O) groups is 1. The summed E-state index contributed by atoms with van der Waals surface area (Å²) in [6.07, 6.45) is 5.32. The highest BCUT2D eigenvalue weighted by molar-refractivity contribution is 5.94. The van der Waals surface area contributed by atoms with Gasteiger partial charge < -0.3 is 4.90 Å². The number of hydrogen-bond acceptors (Lipinski definition) is 3. The minimum atomic E-state index is -0.144. The van der Waals surface area contributed by atoms with Gasteiger partial charge in [-0.15, -0.1) is 0 Å². The number of amides is 1. The molecular formula is C22H22FN3O. The number of aryl methyl sites for hydroxylation is 1. The van der Waals surface area contributed by atoms with Crippen molar-refractivity contribution in [1.82, 2.24) is 14.9 Å². The van der Waals surface area contributed by atoms with Gasteiger partial charge in [0.05, 0.1) is 0 Å². The van der Waals surface area contributed by atoms with Gasteiger partial charge in [-0.2, -0.15) is 0 Å². The number of carbonyl (C=O) groups excluding carboxylic acids is 1. The van der Waals surface area contributed by atoms with Crippen LogP contribution in [0.15, 0.2) is 54.7 Å². The monoisotopic (exact) mass is 363 g/mol. The lowest BCUT2D eigenvalue weighted by atomic mass is 9.91. The number of aromatic nitrogens is 2. The minimum absolute atomic E-state index is 0.0434. The number of fused-ring (bicyclic) bond motifs is 1. The van der Waals surface area contributed by atoms with E-state index in [1.54, 1.807) is 18.3 Å². The number of likely N-dealkylation sites (tertiary alicyclic amines) is 1. The third-order valence-corrected chi connectivity index (χ3v) is 5.27. The average molecular weight is 363 g/mol. The van der Waals surface area contributed by atoms with Gasteiger partial charge in [-0.1, -0.05) is 18.2 Å². The number of rotatable bonds is 4. The molecule has 1 atom stereocenters. The van der Waals surface area contributed by atoms with Gasteiger partial charge in [0.15, 0.2) is 5.65 Å². The van der Waals surface area contributed by atoms with Crippen molar-refractivity contribution in [2.75, 3.05) is 13.1 Å². The van der Waals surface area contributed by atoms with Gasteiger partial charge in [0, 0.05) is 24.7 Å². The second kappa shape index (κ2) is 7.82. The third-order valence-electron chi connectivity index (χ3n) is 5.27. The molecule has 1 saturated heterocycles. The van der Waals surface area contributed by atoms with Crippen LogP contribution in [0.5, 0.6) is 0 Å². The van der Waals surface area contributed by atoms with Crippen LogP contribution in [0.2, 0.25) is 0 Å². The maximum Gasteiger partial charge on any atom is 0.272 e. The fourth-order valence-corrected chi connectivity index (χ4v) is 3.78. The van der Waals surface area contributed by atoms with Gasteiger partial charge in [-0.3, -0.25) is 4.79 Å². The van der Waals surface area contributed by atoms with Crippen molar-refractivity contribution in [3.63, 3.8) is 0 Å². The standard InChI is InChI=1S/C22H22FN3O/c23-19-8-2-1-6-17(19)10-9-16-5-4-14-26(15-16)22(27)20-12-11-18-7-3-13-24-21(18)25-20/h1-3,6-8,11-13,16H,4-5,9-10,14-15H2/t16-/m0/s1. The van der Waals surface area contributed by atoms with Crippen LogP contribution in [-0.2, 0) is 6.42 Å². The largest absolute Gasteiger partial charge is 0.337 e. The Morgan fingerprint density at radius 3 is 2.93 bits per heavy atom. The smallest absolute Gasteiger partial charge is 0.272 e. The molecule has 138 valence electrons. The van der Waals surface area contributed by atoms with Crippen molar-refractivity contribution in [2.24, 2.45) is 5.92 Å². The van der Waals surface area contributed by atoms with Crippen LogP contribution in [0.1, 0.15) is 35.3 Å². The zero-order valence-electron chi connectivity index (χ0n) is 15.1. The predicted molar refractivity (Wildman–Crippen MR) is 103 cm³/mol. The number of benzene rings is 1. The molecule has 0 spiro atoms. The SMILES string of the molecule is O=C(c1ccc2cccnc2n1)N1CCC[C@@H](CCc2ccccc2F)C1. The zero-order valence-corrected chi connectivity index (χ0v) is 15.1. The van der Waals surface area contributed by atoms with E-state index in [2.05, 4.69) is 9.97 Å². The highest BCUT2D eigenvalue weighted by Gasteiger charge is 2.25. The molecule has 1 aliphatic heterocycles. The van der Waals surface area contributed by atoms with E-state index in [1.807, 2.05) is 35.2 Å². The van der Waals surface area contributed by atoms with Crippen molar-refractivity contribution in [3.8, 4) is 0 Å². The molecule has 0 radical (unpaired) electrons. The number of hydrogen-bond donors (Lipinski definition) is 0. The summed E-state index contributed by atoms with van der Waals surface area (Å²) in [7, 11) is 0. The summed E-state index contributed by atoms with van der Waals surface area (Å²) < 4.78 is 13.8. The van der Waals surface area contributed by atoms with Crippen LogP contribution in [0.3, 0.4) is 0 Å². The molecule has 3 aromatic rings. The van der Waals surface area contributed by atoms with E-state index in [0.717, 1.165) is 36.8 Å². The average Bonchev–Trinajstić information content (AvgIpc) is 2.72. The second-order valence-electron chi connectivity index (χ2n) is 7.14. The van der Waals surface area contributed by atoms with Crippen molar-refractivity contribution < 1.29 is 9.18 Å². The van der Waals surface area contributed by atoms with Gasteiger partial charge in [0.25, 0.3) is 5.91 Å². The van der Waals surface area contributed by atoms with E-state index in [0.29, 0.717) is 30.2 Å². The van der Waals surface area contributed by atoms with Crippen molar-refractivity contribution in [3.05, 3.63) is 71.8 Å². The van der Waals surface area contributed by atoms with Gasteiger partial charge in [-0.25, -0.2) is 14.4 Å². The highest BCUT2D eigenvalue weighted by Crippen LogP contribution is 2.23. The van der Waals surface area contributed by atoms with Crippen LogP contribution < -0.4 is 0 Å². The van der Waals surface area contributed by atoms with Crippen LogP contribution >= 0.6 is 0 Å². The quantitative estimate of drug-likeness (QED) is 0.696. The molecule has 2 aromatic heterocycles. The molecule has 3 heterocycles. The van der Waals surface area contributed by atoms with Gasteiger partial charge in [0.1, 0.15) is 11.5 Å². The van der Waals surface area contributed by atoms with Gasteiger partial charge >= 0.3 is 0 Å². The van der Waals surface area contributed by atoms with Crippen LogP contribution in [0, 0.1) is 11.7 Å². The molecule has 0 aliphatic carbocycles. The minimum Gasteiger partial charge on any atom is -0.337 e. The number of pyridine rings is 2. The highest BCUT2D eigenvalue weighted by atomic mass is 19.1. The molecule has 1 fully saturated rings. The molecule has 0 N–H and O–H groups in total. The molecule has 4 rings (SSSR count). The zero-order chi connectivity index (χ0) is 18.6. The molecule has 1 aromatic carbocycles. The summed E-state index contributed by atoms with van der Waals surface area (Å²) in [5, 5.41) is 0.926. The Morgan fingerprint density at radius 1 is 1.15 bits per heavy atom. The van der Waals surface area contributed by atoms with Crippen molar-refractivity contribution >= 4 is 16.9 Å². The molecular weight excluding hydrogens is 341 g/mol. The summed E-state index contributed by atoms with van der Waals surface area (Å²) in [6, 6.07) is 14.4. The van der Waals surface area contributed by atoms with E-state index >= 15 is 0 Å². The number of piperidine rings is 1. The van der Waals surface area contributed by atoms with Crippen LogP contribution in [-0.4, -0.2) is 33.9 Å². The normalized spacial score (nSPS) is 17.2. The summed E-state index contributed by atoms with van der Waals surface area (Å²) in [5.74, 6) is 0.202. The Balaban J connectivity index is 1.42. The summed E-state index contributed by atoms with van der Waals surface area (Å²) in [6.45, 7) is 1.45. The van der Waals surface area contributed by atoms with Crippen LogP contribution in [0.25, 0.3) is 11.0 Å². The fraction of sp³-hybridized carbons (Fsp3) is 0.318. The first-order valence-corrected chi connectivity index (χ1v) is 9.45. The molecule has 1 amide bonds. The maximum atomic E-state index is 13.8. The molecule has 27 heavy (non-hydrogen) atoms. The molecule has 5 heteroatoms. The lowest BCUT2D eigenvalue weighted by molar-refractivity contribution is 0.0662. The van der Waals surface area contributed by atoms with Gasteiger partial charge in [0.2, 0.25) is 0 Å². The molecule has 4 nitrogen and oxygen atoms in total. The lowest BCUT2D eigenvalue weighted by Crippen LogP contribution is -2.40. The molecule has 0 unspecified atom stereocenters. The lowest BCUT2D eigenvalue weighted by Gasteiger charge is -2.32. The third kappa shape index (κ3) is 3.97. The van der Waals surface area contributed by atoms with Crippen molar-refractivity contribution in [2.45, 2.75) is 25.7 Å². The fourth-order valence-electron chi connectivity index (χ4n) is 3.78. The van der Waals surface area contributed by atoms with Gasteiger partial charge in [-0.05, 0) is 67.5 Å². The Labute approximate surface area is 158 Å².